The number of aromatic nitrogens is 1. The lowest BCUT2D eigenvalue weighted by atomic mass is 10.2. The van der Waals surface area contributed by atoms with E-state index in [0.29, 0.717) is 24.6 Å². The summed E-state index contributed by atoms with van der Waals surface area (Å²) in [6.07, 6.45) is 1.42. The van der Waals surface area contributed by atoms with E-state index in [0.717, 1.165) is 11.9 Å². The number of likely N-dealkylation sites (tertiary alicyclic amines) is 1. The highest BCUT2D eigenvalue weighted by Gasteiger charge is 2.32. The molecule has 21 heavy (non-hydrogen) atoms. The van der Waals surface area contributed by atoms with Gasteiger partial charge in [0.25, 0.3) is 6.01 Å². The van der Waals surface area contributed by atoms with Gasteiger partial charge in [0, 0.05) is 6.54 Å². The lowest BCUT2D eigenvalue weighted by molar-refractivity contribution is -0.135. The zero-order chi connectivity index (χ0) is 14.8. The number of primary amides is 1. The van der Waals surface area contributed by atoms with E-state index in [1.54, 1.807) is 6.07 Å². The Bertz CT molecular complexity index is 649. The predicted molar refractivity (Wildman–Crippen MR) is 76.4 cm³/mol. The van der Waals surface area contributed by atoms with Crippen LogP contribution in [-0.4, -0.2) is 40.8 Å². The van der Waals surface area contributed by atoms with Crippen LogP contribution in [0.15, 0.2) is 28.7 Å². The summed E-state index contributed by atoms with van der Waals surface area (Å²) in [6, 6.07) is 7.14. The molecule has 1 unspecified atom stereocenters. The molecule has 1 aromatic carbocycles. The van der Waals surface area contributed by atoms with Crippen molar-refractivity contribution >= 4 is 28.9 Å². The van der Waals surface area contributed by atoms with Gasteiger partial charge in [-0.05, 0) is 25.0 Å². The SMILES string of the molecule is NC(=O)C1CCCN1C(=O)CNc1nc2ccccc2o1. The summed E-state index contributed by atoms with van der Waals surface area (Å²) in [5.74, 6) is -0.638. The highest BCUT2D eigenvalue weighted by atomic mass is 16.4. The van der Waals surface area contributed by atoms with Gasteiger partial charge in [0.05, 0.1) is 6.54 Å². The molecule has 2 amide bonds. The Hall–Kier alpha value is -2.57. The van der Waals surface area contributed by atoms with Gasteiger partial charge < -0.3 is 20.4 Å². The number of benzene rings is 1. The van der Waals surface area contributed by atoms with Crippen LogP contribution in [0.4, 0.5) is 6.01 Å². The van der Waals surface area contributed by atoms with Gasteiger partial charge in [0.1, 0.15) is 11.6 Å². The summed E-state index contributed by atoms with van der Waals surface area (Å²) >= 11 is 0. The van der Waals surface area contributed by atoms with Crippen molar-refractivity contribution in [1.29, 1.82) is 0 Å². The Labute approximate surface area is 121 Å². The van der Waals surface area contributed by atoms with E-state index in [2.05, 4.69) is 10.3 Å². The molecule has 3 N–H and O–H groups in total. The minimum atomic E-state index is -0.497. The zero-order valence-electron chi connectivity index (χ0n) is 11.4. The topological polar surface area (TPSA) is 101 Å². The van der Waals surface area contributed by atoms with Crippen molar-refractivity contribution in [2.24, 2.45) is 5.73 Å². The molecule has 0 bridgehead atoms. The van der Waals surface area contributed by atoms with E-state index in [1.165, 1.54) is 4.90 Å². The number of rotatable bonds is 4. The summed E-state index contributed by atoms with van der Waals surface area (Å²) in [5, 5.41) is 2.85. The van der Waals surface area contributed by atoms with Crippen molar-refractivity contribution in [3.05, 3.63) is 24.3 Å². The molecular formula is C14H16N4O3. The van der Waals surface area contributed by atoms with Gasteiger partial charge in [-0.2, -0.15) is 4.98 Å². The number of nitrogens with one attached hydrogen (secondary N) is 1. The number of nitrogens with zero attached hydrogens (tertiary/aromatic N) is 2. The van der Waals surface area contributed by atoms with Crippen LogP contribution in [0.2, 0.25) is 0 Å². The molecule has 2 heterocycles. The van der Waals surface area contributed by atoms with Crippen LogP contribution in [0, 0.1) is 0 Å². The molecule has 7 nitrogen and oxygen atoms in total. The first-order valence-electron chi connectivity index (χ1n) is 6.83. The third-order valence-electron chi connectivity index (χ3n) is 3.59. The van der Waals surface area contributed by atoms with Crippen LogP contribution in [0.3, 0.4) is 0 Å². The van der Waals surface area contributed by atoms with Crippen molar-refractivity contribution in [2.75, 3.05) is 18.4 Å². The first-order valence-corrected chi connectivity index (χ1v) is 6.83. The molecule has 110 valence electrons. The second-order valence-corrected chi connectivity index (χ2v) is 4.99. The molecule has 0 aliphatic carbocycles. The number of para-hydroxylation sites is 2. The molecular weight excluding hydrogens is 272 g/mol. The number of hydrogen-bond acceptors (Lipinski definition) is 5. The lowest BCUT2D eigenvalue weighted by Gasteiger charge is -2.21. The van der Waals surface area contributed by atoms with Gasteiger partial charge in [0.15, 0.2) is 5.58 Å². The van der Waals surface area contributed by atoms with Gasteiger partial charge in [-0.1, -0.05) is 12.1 Å². The largest absolute Gasteiger partial charge is 0.424 e. The Morgan fingerprint density at radius 3 is 3.00 bits per heavy atom. The van der Waals surface area contributed by atoms with E-state index in [9.17, 15) is 9.59 Å². The Morgan fingerprint density at radius 2 is 2.24 bits per heavy atom. The zero-order valence-corrected chi connectivity index (χ0v) is 11.4. The van der Waals surface area contributed by atoms with Gasteiger partial charge >= 0.3 is 0 Å². The second kappa shape index (κ2) is 5.43. The molecule has 1 saturated heterocycles. The summed E-state index contributed by atoms with van der Waals surface area (Å²) in [4.78, 5) is 29.2. The molecule has 2 aromatic rings. The molecule has 0 radical (unpaired) electrons. The highest BCUT2D eigenvalue weighted by Crippen LogP contribution is 2.19. The highest BCUT2D eigenvalue weighted by molar-refractivity contribution is 5.89. The summed E-state index contributed by atoms with van der Waals surface area (Å²) in [6.45, 7) is 0.582. The maximum Gasteiger partial charge on any atom is 0.296 e. The summed E-state index contributed by atoms with van der Waals surface area (Å²) in [5.41, 5.74) is 6.68. The Balaban J connectivity index is 1.64. The van der Waals surface area contributed by atoms with Crippen molar-refractivity contribution in [3.63, 3.8) is 0 Å². The quantitative estimate of drug-likeness (QED) is 0.863. The van der Waals surface area contributed by atoms with Crippen molar-refractivity contribution in [2.45, 2.75) is 18.9 Å². The molecule has 0 spiro atoms. The third kappa shape index (κ3) is 2.67. The number of fused-ring (bicyclic) bond motifs is 1. The van der Waals surface area contributed by atoms with E-state index >= 15 is 0 Å². The molecule has 7 heteroatoms. The van der Waals surface area contributed by atoms with Crippen molar-refractivity contribution in [1.82, 2.24) is 9.88 Å². The second-order valence-electron chi connectivity index (χ2n) is 4.99. The number of carbonyl (C=O) groups is 2. The van der Waals surface area contributed by atoms with Gasteiger partial charge in [-0.3, -0.25) is 9.59 Å². The predicted octanol–water partition coefficient (Wildman–Crippen LogP) is 0.716. The summed E-state index contributed by atoms with van der Waals surface area (Å²) in [7, 11) is 0. The smallest absolute Gasteiger partial charge is 0.296 e. The number of amides is 2. The molecule has 1 aliphatic rings. The minimum absolute atomic E-state index is 0.0244. The molecule has 1 fully saturated rings. The van der Waals surface area contributed by atoms with E-state index < -0.39 is 11.9 Å². The van der Waals surface area contributed by atoms with Crippen LogP contribution in [0.5, 0.6) is 0 Å². The van der Waals surface area contributed by atoms with Crippen LogP contribution < -0.4 is 11.1 Å². The maximum atomic E-state index is 12.1. The summed E-state index contributed by atoms with van der Waals surface area (Å²) < 4.78 is 5.47. The van der Waals surface area contributed by atoms with Gasteiger partial charge in [-0.15, -0.1) is 0 Å². The first-order chi connectivity index (χ1) is 10.1. The number of oxazole rings is 1. The van der Waals surface area contributed by atoms with Crippen LogP contribution in [-0.2, 0) is 9.59 Å². The van der Waals surface area contributed by atoms with E-state index in [4.69, 9.17) is 10.2 Å². The molecule has 1 aromatic heterocycles. The van der Waals surface area contributed by atoms with E-state index in [1.807, 2.05) is 18.2 Å². The maximum absolute atomic E-state index is 12.1. The minimum Gasteiger partial charge on any atom is -0.424 e. The normalized spacial score (nSPS) is 18.1. The standard InChI is InChI=1S/C14H16N4O3/c15-13(20)10-5-3-7-18(10)12(19)8-16-14-17-9-4-1-2-6-11(9)21-14/h1-2,4,6,10H,3,5,7-8H2,(H2,15,20)(H,16,17). The Morgan fingerprint density at radius 1 is 1.43 bits per heavy atom. The van der Waals surface area contributed by atoms with Gasteiger partial charge in [0.2, 0.25) is 11.8 Å². The van der Waals surface area contributed by atoms with Crippen molar-refractivity contribution < 1.29 is 14.0 Å². The molecule has 3 rings (SSSR count). The number of hydrogen-bond donors (Lipinski definition) is 2. The lowest BCUT2D eigenvalue weighted by Crippen LogP contribution is -2.45. The van der Waals surface area contributed by atoms with Crippen LogP contribution in [0.1, 0.15) is 12.8 Å². The average molecular weight is 288 g/mol. The first kappa shape index (κ1) is 13.4. The fourth-order valence-electron chi connectivity index (χ4n) is 2.56. The number of carbonyl (C=O) groups excluding carboxylic acids is 2. The van der Waals surface area contributed by atoms with Gasteiger partial charge in [-0.25, -0.2) is 0 Å². The van der Waals surface area contributed by atoms with E-state index in [-0.39, 0.29) is 12.5 Å². The van der Waals surface area contributed by atoms with Crippen LogP contribution >= 0.6 is 0 Å². The molecule has 1 atom stereocenters. The molecule has 0 saturated carbocycles. The monoisotopic (exact) mass is 288 g/mol. The fourth-order valence-corrected chi connectivity index (χ4v) is 2.56. The van der Waals surface area contributed by atoms with Crippen LogP contribution in [0.25, 0.3) is 11.1 Å². The number of anilines is 1. The van der Waals surface area contributed by atoms with Crippen molar-refractivity contribution in [3.8, 4) is 0 Å². The molecule has 1 aliphatic heterocycles. The third-order valence-corrected chi connectivity index (χ3v) is 3.59. The Kier molecular flexibility index (Phi) is 3.47. The average Bonchev–Trinajstić information content (AvgIpc) is 3.10. The fraction of sp³-hybridized carbons (Fsp3) is 0.357. The number of nitrogens with two attached hydrogens (primary N) is 1.